The van der Waals surface area contributed by atoms with E-state index in [1.807, 2.05) is 0 Å². The van der Waals surface area contributed by atoms with Crippen molar-refractivity contribution in [1.29, 1.82) is 0 Å². The van der Waals surface area contributed by atoms with Crippen LogP contribution in [0.15, 0.2) is 0 Å². The largest absolute Gasteiger partial charge is 0.450 e. The molecule has 1 heterocycles. The van der Waals surface area contributed by atoms with Crippen LogP contribution in [0.25, 0.3) is 0 Å². The summed E-state index contributed by atoms with van der Waals surface area (Å²) >= 11 is 0. The van der Waals surface area contributed by atoms with Crippen LogP contribution in [0.1, 0.15) is 52.4 Å². The smallest absolute Gasteiger partial charge is 0.409 e. The van der Waals surface area contributed by atoms with Gasteiger partial charge in [0.2, 0.25) is 11.8 Å². The van der Waals surface area contributed by atoms with Crippen LogP contribution >= 0.6 is 0 Å². The first-order valence-electron chi connectivity index (χ1n) is 9.49. The van der Waals surface area contributed by atoms with E-state index in [2.05, 4.69) is 0 Å². The third-order valence-electron chi connectivity index (χ3n) is 5.13. The van der Waals surface area contributed by atoms with E-state index in [4.69, 9.17) is 4.74 Å². The minimum absolute atomic E-state index is 0.0228. The Kier molecular flexibility index (Phi) is 7.52. The molecular weight excluding hydrogens is 322 g/mol. The maximum absolute atomic E-state index is 12.6. The molecule has 0 radical (unpaired) electrons. The zero-order valence-corrected chi connectivity index (χ0v) is 15.5. The highest BCUT2D eigenvalue weighted by molar-refractivity contribution is 5.84. The molecule has 0 unspecified atom stereocenters. The van der Waals surface area contributed by atoms with Gasteiger partial charge < -0.3 is 19.4 Å². The van der Waals surface area contributed by atoms with E-state index in [1.165, 1.54) is 12.8 Å². The number of carbonyl (C=O) groups excluding carboxylic acids is 3. The minimum atomic E-state index is -0.321. The molecule has 25 heavy (non-hydrogen) atoms. The highest BCUT2D eigenvalue weighted by atomic mass is 16.6. The molecule has 2 fully saturated rings. The summed E-state index contributed by atoms with van der Waals surface area (Å²) in [6.45, 7) is 5.79. The molecule has 2 rings (SSSR count). The first kappa shape index (κ1) is 19.5. The number of carbonyl (C=O) groups is 3. The van der Waals surface area contributed by atoms with Crippen molar-refractivity contribution in [1.82, 2.24) is 14.7 Å². The molecule has 1 aliphatic heterocycles. The monoisotopic (exact) mass is 353 g/mol. The van der Waals surface area contributed by atoms with Crippen LogP contribution < -0.4 is 0 Å². The molecule has 1 saturated carbocycles. The zero-order valence-electron chi connectivity index (χ0n) is 15.5. The molecular formula is C18H31N3O4. The van der Waals surface area contributed by atoms with Crippen molar-refractivity contribution in [2.45, 2.75) is 58.4 Å². The fourth-order valence-corrected chi connectivity index (χ4v) is 3.67. The summed E-state index contributed by atoms with van der Waals surface area (Å²) in [7, 11) is 0. The van der Waals surface area contributed by atoms with Crippen molar-refractivity contribution in [2.24, 2.45) is 0 Å². The molecule has 0 bridgehead atoms. The average molecular weight is 353 g/mol. The van der Waals surface area contributed by atoms with E-state index >= 15 is 0 Å². The fourth-order valence-electron chi connectivity index (χ4n) is 3.67. The predicted octanol–water partition coefficient (Wildman–Crippen LogP) is 1.86. The Balaban J connectivity index is 1.87. The summed E-state index contributed by atoms with van der Waals surface area (Å²) in [5.41, 5.74) is 0. The van der Waals surface area contributed by atoms with Gasteiger partial charge >= 0.3 is 6.09 Å². The number of piperazine rings is 1. The molecule has 0 spiro atoms. The van der Waals surface area contributed by atoms with Crippen molar-refractivity contribution in [2.75, 3.05) is 39.3 Å². The van der Waals surface area contributed by atoms with Crippen molar-refractivity contribution < 1.29 is 19.1 Å². The molecule has 1 saturated heterocycles. The highest BCUT2D eigenvalue weighted by Crippen LogP contribution is 2.22. The second-order valence-corrected chi connectivity index (χ2v) is 6.86. The molecule has 7 heteroatoms. The van der Waals surface area contributed by atoms with E-state index in [-0.39, 0.29) is 30.5 Å². The van der Waals surface area contributed by atoms with Crippen LogP contribution in [0.2, 0.25) is 0 Å². The van der Waals surface area contributed by atoms with E-state index in [0.717, 1.165) is 25.7 Å². The summed E-state index contributed by atoms with van der Waals surface area (Å²) < 4.78 is 4.99. The normalized spacial score (nSPS) is 19.3. The summed E-state index contributed by atoms with van der Waals surface area (Å²) in [5.74, 6) is -0.0478. The Labute approximate surface area is 150 Å². The molecule has 0 aromatic heterocycles. The van der Waals surface area contributed by atoms with Crippen molar-refractivity contribution in [3.8, 4) is 0 Å². The second kappa shape index (κ2) is 9.63. The summed E-state index contributed by atoms with van der Waals surface area (Å²) in [4.78, 5) is 41.6. The Bertz CT molecular complexity index is 467. The lowest BCUT2D eigenvalue weighted by Crippen LogP contribution is -2.54. The summed E-state index contributed by atoms with van der Waals surface area (Å²) in [5, 5.41) is 0. The second-order valence-electron chi connectivity index (χ2n) is 6.86. The molecule has 3 amide bonds. The molecule has 7 nitrogen and oxygen atoms in total. The highest BCUT2D eigenvalue weighted by Gasteiger charge is 2.29. The molecule has 0 N–H and O–H groups in total. The Morgan fingerprint density at radius 3 is 2.04 bits per heavy atom. The SMILES string of the molecule is CCOC(=O)N1CCN(C(=O)CN(C(C)=O)C2CCCCCC2)CC1. The summed E-state index contributed by atoms with van der Waals surface area (Å²) in [6.07, 6.45) is 6.34. The lowest BCUT2D eigenvalue weighted by molar-refractivity contribution is -0.142. The van der Waals surface area contributed by atoms with Crippen LogP contribution in [-0.4, -0.2) is 78.0 Å². The van der Waals surface area contributed by atoms with Gasteiger partial charge in [-0.2, -0.15) is 0 Å². The standard InChI is InChI=1S/C18H31N3O4/c1-3-25-18(24)20-12-10-19(11-13-20)17(23)14-21(15(2)22)16-8-6-4-5-7-9-16/h16H,3-14H2,1-2H3. The molecule has 142 valence electrons. The molecule has 1 aliphatic carbocycles. The minimum Gasteiger partial charge on any atom is -0.450 e. The Morgan fingerprint density at radius 2 is 1.52 bits per heavy atom. The van der Waals surface area contributed by atoms with E-state index in [0.29, 0.717) is 32.8 Å². The van der Waals surface area contributed by atoms with Crippen molar-refractivity contribution in [3.05, 3.63) is 0 Å². The van der Waals surface area contributed by atoms with E-state index in [1.54, 1.807) is 28.5 Å². The average Bonchev–Trinajstić information content (AvgIpc) is 2.88. The van der Waals surface area contributed by atoms with Crippen LogP contribution in [0, 0.1) is 0 Å². The first-order chi connectivity index (χ1) is 12.0. The van der Waals surface area contributed by atoms with E-state index < -0.39 is 0 Å². The lowest BCUT2D eigenvalue weighted by atomic mass is 10.1. The fraction of sp³-hybridized carbons (Fsp3) is 0.833. The van der Waals surface area contributed by atoms with E-state index in [9.17, 15) is 14.4 Å². The molecule has 0 aromatic carbocycles. The number of amides is 3. The number of rotatable bonds is 4. The van der Waals surface area contributed by atoms with Crippen molar-refractivity contribution >= 4 is 17.9 Å². The van der Waals surface area contributed by atoms with Gasteiger partial charge in [0, 0.05) is 39.1 Å². The van der Waals surface area contributed by atoms with Gasteiger partial charge in [0.25, 0.3) is 0 Å². The van der Waals surface area contributed by atoms with Crippen LogP contribution in [-0.2, 0) is 14.3 Å². The van der Waals surface area contributed by atoms with Gasteiger partial charge in [0.1, 0.15) is 0 Å². The maximum Gasteiger partial charge on any atom is 0.409 e. The number of hydrogen-bond donors (Lipinski definition) is 0. The van der Waals surface area contributed by atoms with Gasteiger partial charge in [-0.25, -0.2) is 4.79 Å². The quantitative estimate of drug-likeness (QED) is 0.724. The van der Waals surface area contributed by atoms with Gasteiger partial charge in [-0.3, -0.25) is 9.59 Å². The maximum atomic E-state index is 12.6. The van der Waals surface area contributed by atoms with Gasteiger partial charge in [-0.05, 0) is 19.8 Å². The molecule has 0 aromatic rings. The number of hydrogen-bond acceptors (Lipinski definition) is 4. The number of ether oxygens (including phenoxy) is 1. The Morgan fingerprint density at radius 1 is 0.960 bits per heavy atom. The third kappa shape index (κ3) is 5.61. The summed E-state index contributed by atoms with van der Waals surface area (Å²) in [6, 6.07) is 0.185. The zero-order chi connectivity index (χ0) is 18.2. The molecule has 2 aliphatic rings. The third-order valence-corrected chi connectivity index (χ3v) is 5.13. The van der Waals surface area contributed by atoms with Gasteiger partial charge in [-0.15, -0.1) is 0 Å². The van der Waals surface area contributed by atoms with Crippen LogP contribution in [0.4, 0.5) is 4.79 Å². The lowest BCUT2D eigenvalue weighted by Gasteiger charge is -2.36. The first-order valence-corrected chi connectivity index (χ1v) is 9.49. The predicted molar refractivity (Wildman–Crippen MR) is 94.1 cm³/mol. The van der Waals surface area contributed by atoms with Gasteiger partial charge in [0.05, 0.1) is 13.2 Å². The topological polar surface area (TPSA) is 70.2 Å². The van der Waals surface area contributed by atoms with Crippen LogP contribution in [0.5, 0.6) is 0 Å². The van der Waals surface area contributed by atoms with Gasteiger partial charge in [-0.1, -0.05) is 25.7 Å². The number of nitrogens with zero attached hydrogens (tertiary/aromatic N) is 3. The molecule has 0 atom stereocenters. The Hall–Kier alpha value is -1.79. The van der Waals surface area contributed by atoms with Crippen molar-refractivity contribution in [3.63, 3.8) is 0 Å². The van der Waals surface area contributed by atoms with Crippen LogP contribution in [0.3, 0.4) is 0 Å². The van der Waals surface area contributed by atoms with Gasteiger partial charge in [0.15, 0.2) is 0 Å².